The second kappa shape index (κ2) is 6.67. The van der Waals surface area contributed by atoms with Gasteiger partial charge in [0.05, 0.1) is 11.9 Å². The van der Waals surface area contributed by atoms with Crippen LogP contribution >= 0.6 is 11.3 Å². The van der Waals surface area contributed by atoms with Crippen molar-refractivity contribution in [1.82, 2.24) is 15.3 Å². The van der Waals surface area contributed by atoms with Gasteiger partial charge in [0.1, 0.15) is 0 Å². The quantitative estimate of drug-likeness (QED) is 0.704. The number of hydrogen-bond donors (Lipinski definition) is 3. The molecule has 2 rings (SSSR count). The Balaban J connectivity index is 1.84. The van der Waals surface area contributed by atoms with Gasteiger partial charge in [-0.05, 0) is 12.1 Å². The van der Waals surface area contributed by atoms with Crippen molar-refractivity contribution in [2.24, 2.45) is 0 Å². The number of H-pyrrole nitrogens is 1. The number of carbonyl (C=O) groups is 2. The largest absolute Gasteiger partial charge is 0.478 e. The Kier molecular flexibility index (Phi) is 4.67. The van der Waals surface area contributed by atoms with Gasteiger partial charge in [0.25, 0.3) is 5.91 Å². The number of amides is 1. The second-order valence-corrected chi connectivity index (χ2v) is 4.93. The molecule has 0 spiro atoms. The maximum absolute atomic E-state index is 11.9. The van der Waals surface area contributed by atoms with Gasteiger partial charge in [-0.25, -0.2) is 9.78 Å². The monoisotopic (exact) mass is 291 g/mol. The molecule has 6 nitrogen and oxygen atoms in total. The molecule has 1 amide bonds. The lowest BCUT2D eigenvalue weighted by molar-refractivity contribution is -0.131. The van der Waals surface area contributed by atoms with Crippen molar-refractivity contribution in [2.45, 2.75) is 6.42 Å². The van der Waals surface area contributed by atoms with Crippen molar-refractivity contribution in [3.8, 4) is 0 Å². The van der Waals surface area contributed by atoms with Gasteiger partial charge in [0.15, 0.2) is 0 Å². The van der Waals surface area contributed by atoms with Gasteiger partial charge in [-0.1, -0.05) is 0 Å². The molecule has 0 atom stereocenters. The summed E-state index contributed by atoms with van der Waals surface area (Å²) in [5.74, 6) is -1.18. The third kappa shape index (κ3) is 4.06. The van der Waals surface area contributed by atoms with E-state index in [-0.39, 0.29) is 5.91 Å². The standard InChI is InChI=1S/C13H13N3O3S/c17-12(18)2-1-11-5-9(7-20-11)13(19)15-4-3-10-6-14-8-16-10/h1-2,5-8H,3-4H2,(H,14,16)(H,15,19)(H,17,18). The molecule has 0 fully saturated rings. The van der Waals surface area contributed by atoms with Gasteiger partial charge in [-0.2, -0.15) is 0 Å². The van der Waals surface area contributed by atoms with Crippen LogP contribution in [0, 0.1) is 0 Å². The SMILES string of the molecule is O=C(O)C=Cc1cc(C(=O)NCCc2cnc[nH]2)cs1. The van der Waals surface area contributed by atoms with Crippen LogP contribution in [-0.2, 0) is 11.2 Å². The first kappa shape index (κ1) is 14.0. The Morgan fingerprint density at radius 1 is 1.50 bits per heavy atom. The van der Waals surface area contributed by atoms with E-state index in [4.69, 9.17) is 5.11 Å². The number of aromatic nitrogens is 2. The van der Waals surface area contributed by atoms with Gasteiger partial charge in [-0.3, -0.25) is 4.79 Å². The summed E-state index contributed by atoms with van der Waals surface area (Å²) in [5, 5.41) is 13.0. The zero-order valence-corrected chi connectivity index (χ0v) is 11.3. The molecule has 2 heterocycles. The fourth-order valence-corrected chi connectivity index (χ4v) is 2.33. The second-order valence-electron chi connectivity index (χ2n) is 3.99. The first-order valence-electron chi connectivity index (χ1n) is 5.90. The van der Waals surface area contributed by atoms with Gasteiger partial charge in [0.2, 0.25) is 0 Å². The summed E-state index contributed by atoms with van der Waals surface area (Å²) in [6.07, 6.45) is 6.50. The highest BCUT2D eigenvalue weighted by atomic mass is 32.1. The lowest BCUT2D eigenvalue weighted by Gasteiger charge is -2.01. The van der Waals surface area contributed by atoms with Gasteiger partial charge in [0, 0.05) is 41.2 Å². The normalized spacial score (nSPS) is 10.8. The zero-order chi connectivity index (χ0) is 14.4. The zero-order valence-electron chi connectivity index (χ0n) is 10.5. The number of carboxylic acids is 1. The maximum atomic E-state index is 11.9. The summed E-state index contributed by atoms with van der Waals surface area (Å²) < 4.78 is 0. The highest BCUT2D eigenvalue weighted by molar-refractivity contribution is 7.11. The van der Waals surface area contributed by atoms with Crippen LogP contribution in [0.4, 0.5) is 0 Å². The molecule has 0 aliphatic carbocycles. The van der Waals surface area contributed by atoms with E-state index in [1.807, 2.05) is 0 Å². The van der Waals surface area contributed by atoms with Crippen LogP contribution < -0.4 is 5.32 Å². The summed E-state index contributed by atoms with van der Waals surface area (Å²) >= 11 is 1.32. The molecular formula is C13H13N3O3S. The number of thiophene rings is 1. The number of aliphatic carboxylic acids is 1. The molecule has 0 aliphatic rings. The average Bonchev–Trinajstić information content (AvgIpc) is 3.07. The smallest absolute Gasteiger partial charge is 0.328 e. The number of nitrogens with zero attached hydrogens (tertiary/aromatic N) is 1. The minimum Gasteiger partial charge on any atom is -0.478 e. The third-order valence-corrected chi connectivity index (χ3v) is 3.40. The van der Waals surface area contributed by atoms with E-state index in [9.17, 15) is 9.59 Å². The molecule has 0 saturated heterocycles. The van der Waals surface area contributed by atoms with E-state index in [0.717, 1.165) is 16.6 Å². The maximum Gasteiger partial charge on any atom is 0.328 e. The Bertz CT molecular complexity index is 617. The summed E-state index contributed by atoms with van der Waals surface area (Å²) in [7, 11) is 0. The predicted molar refractivity (Wildman–Crippen MR) is 75.6 cm³/mol. The van der Waals surface area contributed by atoms with Crippen LogP contribution in [0.5, 0.6) is 0 Å². The molecule has 0 saturated carbocycles. The lowest BCUT2D eigenvalue weighted by atomic mass is 10.2. The fraction of sp³-hybridized carbons (Fsp3) is 0.154. The fourth-order valence-electron chi connectivity index (χ4n) is 1.55. The van der Waals surface area contributed by atoms with Crippen LogP contribution in [0.15, 0.2) is 30.0 Å². The van der Waals surface area contributed by atoms with Crippen LogP contribution in [-0.4, -0.2) is 33.5 Å². The molecule has 20 heavy (non-hydrogen) atoms. The number of carboxylic acid groups (broad SMARTS) is 1. The first-order valence-corrected chi connectivity index (χ1v) is 6.78. The Morgan fingerprint density at radius 3 is 3.05 bits per heavy atom. The van der Waals surface area contributed by atoms with Gasteiger partial charge < -0.3 is 15.4 Å². The molecule has 2 aromatic rings. The summed E-state index contributed by atoms with van der Waals surface area (Å²) in [6.45, 7) is 0.511. The molecule has 7 heteroatoms. The van der Waals surface area contributed by atoms with Gasteiger partial charge >= 0.3 is 5.97 Å². The molecule has 0 radical (unpaired) electrons. The van der Waals surface area contributed by atoms with Crippen molar-refractivity contribution in [1.29, 1.82) is 0 Å². The van der Waals surface area contributed by atoms with E-state index >= 15 is 0 Å². The number of rotatable bonds is 6. The molecule has 0 aliphatic heterocycles. The van der Waals surface area contributed by atoms with E-state index < -0.39 is 5.97 Å². The first-order chi connectivity index (χ1) is 9.65. The van der Waals surface area contributed by atoms with Crippen molar-refractivity contribution >= 4 is 29.3 Å². The van der Waals surface area contributed by atoms with Gasteiger partial charge in [-0.15, -0.1) is 11.3 Å². The number of aromatic amines is 1. The molecule has 0 unspecified atom stereocenters. The summed E-state index contributed by atoms with van der Waals surface area (Å²) in [6, 6.07) is 1.66. The average molecular weight is 291 g/mol. The van der Waals surface area contributed by atoms with Crippen LogP contribution in [0.25, 0.3) is 6.08 Å². The van der Waals surface area contributed by atoms with Crippen LogP contribution in [0.3, 0.4) is 0 Å². The van der Waals surface area contributed by atoms with E-state index in [1.165, 1.54) is 17.4 Å². The molecule has 104 valence electrons. The Morgan fingerprint density at radius 2 is 2.35 bits per heavy atom. The minimum atomic E-state index is -1.01. The highest BCUT2D eigenvalue weighted by Crippen LogP contribution is 2.16. The predicted octanol–water partition coefficient (Wildman–Crippen LogP) is 1.54. The number of imidazole rings is 1. The Labute approximate surface area is 119 Å². The van der Waals surface area contributed by atoms with Crippen LogP contribution in [0.2, 0.25) is 0 Å². The summed E-state index contributed by atoms with van der Waals surface area (Å²) in [4.78, 5) is 29.8. The van der Waals surface area contributed by atoms with E-state index in [1.54, 1.807) is 24.0 Å². The van der Waals surface area contributed by atoms with Crippen LogP contribution in [0.1, 0.15) is 20.9 Å². The molecule has 0 aromatic carbocycles. The topological polar surface area (TPSA) is 95.1 Å². The third-order valence-electron chi connectivity index (χ3n) is 2.51. The number of hydrogen-bond acceptors (Lipinski definition) is 4. The molecule has 2 aromatic heterocycles. The van der Waals surface area contributed by atoms with Crippen molar-refractivity contribution in [3.05, 3.63) is 46.2 Å². The van der Waals surface area contributed by atoms with Crippen molar-refractivity contribution in [2.75, 3.05) is 6.54 Å². The minimum absolute atomic E-state index is 0.171. The van der Waals surface area contributed by atoms with E-state index in [0.29, 0.717) is 18.5 Å². The number of nitrogens with one attached hydrogen (secondary N) is 2. The molecule has 0 bridgehead atoms. The lowest BCUT2D eigenvalue weighted by Crippen LogP contribution is -2.25. The Hall–Kier alpha value is -2.41. The highest BCUT2D eigenvalue weighted by Gasteiger charge is 2.07. The molecule has 3 N–H and O–H groups in total. The van der Waals surface area contributed by atoms with E-state index in [2.05, 4.69) is 15.3 Å². The number of carbonyl (C=O) groups excluding carboxylic acids is 1. The van der Waals surface area contributed by atoms with Crippen molar-refractivity contribution < 1.29 is 14.7 Å². The van der Waals surface area contributed by atoms with Crippen molar-refractivity contribution in [3.63, 3.8) is 0 Å². The molecular weight excluding hydrogens is 278 g/mol. The summed E-state index contributed by atoms with van der Waals surface area (Å²) in [5.41, 5.74) is 1.49.